The fourth-order valence-corrected chi connectivity index (χ4v) is 2.58. The Bertz CT molecular complexity index is 766. The van der Waals surface area contributed by atoms with E-state index >= 15 is 0 Å². The van der Waals surface area contributed by atoms with Crippen molar-refractivity contribution in [2.24, 2.45) is 0 Å². The summed E-state index contributed by atoms with van der Waals surface area (Å²) in [5, 5.41) is 6.01. The maximum Gasteiger partial charge on any atom is 0.251 e. The molecule has 2 rings (SSSR count). The Hall–Kier alpha value is -2.05. The Morgan fingerprint density at radius 1 is 1.15 bits per heavy atom. The molecule has 0 aliphatic carbocycles. The maximum absolute atomic E-state index is 12.1. The van der Waals surface area contributed by atoms with Gasteiger partial charge in [-0.2, -0.15) is 0 Å². The molecule has 5 nitrogen and oxygen atoms in total. The van der Waals surface area contributed by atoms with Gasteiger partial charge >= 0.3 is 0 Å². The van der Waals surface area contributed by atoms with Gasteiger partial charge in [-0.15, -0.1) is 0 Å². The van der Waals surface area contributed by atoms with Crippen molar-refractivity contribution in [2.75, 3.05) is 18.5 Å². The van der Waals surface area contributed by atoms with E-state index in [2.05, 4.69) is 26.6 Å². The quantitative estimate of drug-likeness (QED) is 0.629. The molecule has 2 aromatic carbocycles. The highest BCUT2D eigenvalue weighted by Crippen LogP contribution is 2.28. The summed E-state index contributed by atoms with van der Waals surface area (Å²) >= 11 is 9.31. The number of rotatable bonds is 8. The third kappa shape index (κ3) is 6.35. The van der Waals surface area contributed by atoms with Gasteiger partial charge in [-0.1, -0.05) is 34.5 Å². The summed E-state index contributed by atoms with van der Waals surface area (Å²) in [6, 6.07) is 12.1. The predicted molar refractivity (Wildman–Crippen MR) is 107 cm³/mol. The zero-order valence-electron chi connectivity index (χ0n) is 14.4. The normalized spacial score (nSPS) is 10.3. The molecular weight excluding hydrogens is 420 g/mol. The first-order valence-corrected chi connectivity index (χ1v) is 9.42. The van der Waals surface area contributed by atoms with Crippen LogP contribution >= 0.6 is 27.5 Å². The first-order chi connectivity index (χ1) is 12.5. The molecule has 138 valence electrons. The fourth-order valence-electron chi connectivity index (χ4n) is 2.14. The van der Waals surface area contributed by atoms with E-state index in [1.54, 1.807) is 42.5 Å². The molecule has 0 heterocycles. The van der Waals surface area contributed by atoms with E-state index in [0.717, 1.165) is 10.9 Å². The molecule has 0 aromatic heterocycles. The van der Waals surface area contributed by atoms with Crippen molar-refractivity contribution in [2.45, 2.75) is 19.8 Å². The van der Waals surface area contributed by atoms with Gasteiger partial charge in [0.05, 0.1) is 12.3 Å². The van der Waals surface area contributed by atoms with Crippen LogP contribution in [0.25, 0.3) is 0 Å². The van der Waals surface area contributed by atoms with E-state index < -0.39 is 0 Å². The van der Waals surface area contributed by atoms with Gasteiger partial charge in [0, 0.05) is 28.0 Å². The second kappa shape index (κ2) is 10.2. The zero-order chi connectivity index (χ0) is 18.9. The van der Waals surface area contributed by atoms with Crippen LogP contribution < -0.4 is 15.4 Å². The molecule has 0 aliphatic heterocycles. The van der Waals surface area contributed by atoms with E-state index in [9.17, 15) is 9.59 Å². The summed E-state index contributed by atoms with van der Waals surface area (Å²) in [5.41, 5.74) is 1.06. The Balaban J connectivity index is 1.86. The van der Waals surface area contributed by atoms with Crippen LogP contribution in [0.15, 0.2) is 46.9 Å². The second-order valence-electron chi connectivity index (χ2n) is 5.55. The van der Waals surface area contributed by atoms with Gasteiger partial charge in [-0.05, 0) is 48.9 Å². The average Bonchev–Trinajstić information content (AvgIpc) is 2.61. The van der Waals surface area contributed by atoms with Gasteiger partial charge in [-0.3, -0.25) is 9.59 Å². The average molecular weight is 440 g/mol. The minimum atomic E-state index is -0.232. The zero-order valence-corrected chi connectivity index (χ0v) is 16.7. The number of benzene rings is 2. The predicted octanol–water partition coefficient (Wildman–Crippen LogP) is 4.65. The van der Waals surface area contributed by atoms with E-state index in [0.29, 0.717) is 28.6 Å². The monoisotopic (exact) mass is 438 g/mol. The van der Waals surface area contributed by atoms with Crippen molar-refractivity contribution in [1.82, 2.24) is 5.32 Å². The lowest BCUT2D eigenvalue weighted by Gasteiger charge is -2.13. The smallest absolute Gasteiger partial charge is 0.251 e. The van der Waals surface area contributed by atoms with Crippen LogP contribution in [0.5, 0.6) is 5.75 Å². The minimum absolute atomic E-state index is 0.141. The molecule has 2 amide bonds. The van der Waals surface area contributed by atoms with Crippen LogP contribution in [0.4, 0.5) is 5.69 Å². The van der Waals surface area contributed by atoms with Crippen molar-refractivity contribution in [1.29, 1.82) is 0 Å². The van der Waals surface area contributed by atoms with Gasteiger partial charge in [0.1, 0.15) is 5.75 Å². The first-order valence-electron chi connectivity index (χ1n) is 8.25. The third-order valence-electron chi connectivity index (χ3n) is 3.42. The van der Waals surface area contributed by atoms with Crippen molar-refractivity contribution in [3.05, 3.63) is 57.5 Å². The highest BCUT2D eigenvalue weighted by Gasteiger charge is 2.10. The SMILES string of the molecule is CCCOc1ccc(Cl)cc1NC(=O)CCNC(=O)c1ccc(Br)cc1. The maximum atomic E-state index is 12.1. The Morgan fingerprint density at radius 2 is 1.88 bits per heavy atom. The molecule has 7 heteroatoms. The highest BCUT2D eigenvalue weighted by atomic mass is 79.9. The Morgan fingerprint density at radius 3 is 2.58 bits per heavy atom. The van der Waals surface area contributed by atoms with Crippen LogP contribution in [-0.4, -0.2) is 25.0 Å². The standard InChI is InChI=1S/C19H20BrClN2O3/c1-2-11-26-17-8-7-15(21)12-16(17)23-18(24)9-10-22-19(25)13-3-5-14(20)6-4-13/h3-8,12H,2,9-11H2,1H3,(H,22,25)(H,23,24). The van der Waals surface area contributed by atoms with Crippen molar-refractivity contribution >= 4 is 45.0 Å². The number of hydrogen-bond acceptors (Lipinski definition) is 3. The molecule has 0 atom stereocenters. The molecule has 0 unspecified atom stereocenters. The molecule has 0 aliphatic rings. The number of carbonyl (C=O) groups excluding carboxylic acids is 2. The van der Waals surface area contributed by atoms with Crippen molar-refractivity contribution in [3.8, 4) is 5.75 Å². The van der Waals surface area contributed by atoms with Crippen LogP contribution in [-0.2, 0) is 4.79 Å². The number of anilines is 1. The Kier molecular flexibility index (Phi) is 7.94. The number of carbonyl (C=O) groups is 2. The summed E-state index contributed by atoms with van der Waals surface area (Å²) in [7, 11) is 0. The molecule has 2 aromatic rings. The minimum Gasteiger partial charge on any atom is -0.491 e. The van der Waals surface area contributed by atoms with Crippen LogP contribution in [0.1, 0.15) is 30.1 Å². The molecule has 0 fully saturated rings. The van der Waals surface area contributed by atoms with E-state index in [-0.39, 0.29) is 24.8 Å². The van der Waals surface area contributed by atoms with Gasteiger partial charge in [0.25, 0.3) is 5.91 Å². The summed E-state index contributed by atoms with van der Waals surface area (Å²) in [6.45, 7) is 2.78. The molecule has 0 spiro atoms. The summed E-state index contributed by atoms with van der Waals surface area (Å²) in [4.78, 5) is 24.2. The van der Waals surface area contributed by atoms with E-state index in [1.165, 1.54) is 0 Å². The van der Waals surface area contributed by atoms with Crippen molar-refractivity contribution < 1.29 is 14.3 Å². The van der Waals surface area contributed by atoms with Gasteiger partial charge < -0.3 is 15.4 Å². The summed E-state index contributed by atoms with van der Waals surface area (Å²) in [6.07, 6.45) is 1.00. The lowest BCUT2D eigenvalue weighted by atomic mass is 10.2. The molecule has 26 heavy (non-hydrogen) atoms. The number of amides is 2. The Labute approximate surface area is 166 Å². The summed E-state index contributed by atoms with van der Waals surface area (Å²) in [5.74, 6) is 0.119. The number of halogens is 2. The third-order valence-corrected chi connectivity index (χ3v) is 4.19. The first kappa shape index (κ1) is 20.3. The fraction of sp³-hybridized carbons (Fsp3) is 0.263. The van der Waals surface area contributed by atoms with E-state index in [1.807, 2.05) is 6.92 Å². The molecule has 0 saturated carbocycles. The topological polar surface area (TPSA) is 67.4 Å². The highest BCUT2D eigenvalue weighted by molar-refractivity contribution is 9.10. The molecule has 0 saturated heterocycles. The number of ether oxygens (including phenoxy) is 1. The second-order valence-corrected chi connectivity index (χ2v) is 6.90. The molecule has 2 N–H and O–H groups in total. The lowest BCUT2D eigenvalue weighted by Crippen LogP contribution is -2.27. The van der Waals surface area contributed by atoms with Crippen LogP contribution in [0, 0.1) is 0 Å². The van der Waals surface area contributed by atoms with E-state index in [4.69, 9.17) is 16.3 Å². The largest absolute Gasteiger partial charge is 0.491 e. The number of nitrogens with one attached hydrogen (secondary N) is 2. The van der Waals surface area contributed by atoms with Crippen LogP contribution in [0.3, 0.4) is 0 Å². The molecule has 0 radical (unpaired) electrons. The van der Waals surface area contributed by atoms with Gasteiger partial charge in [-0.25, -0.2) is 0 Å². The summed E-state index contributed by atoms with van der Waals surface area (Å²) < 4.78 is 6.50. The van der Waals surface area contributed by atoms with Gasteiger partial charge in [0.2, 0.25) is 5.91 Å². The molecule has 0 bridgehead atoms. The molecular formula is C19H20BrClN2O3. The van der Waals surface area contributed by atoms with Crippen molar-refractivity contribution in [3.63, 3.8) is 0 Å². The van der Waals surface area contributed by atoms with Gasteiger partial charge in [0.15, 0.2) is 0 Å². The number of hydrogen-bond donors (Lipinski definition) is 2. The lowest BCUT2D eigenvalue weighted by molar-refractivity contribution is -0.116. The van der Waals surface area contributed by atoms with Crippen LogP contribution in [0.2, 0.25) is 5.02 Å².